The van der Waals surface area contributed by atoms with E-state index in [4.69, 9.17) is 17.3 Å². The number of amides is 1. The number of halogens is 1. The molecular weight excluding hydrogens is 274 g/mol. The molecule has 106 valence electrons. The quantitative estimate of drug-likeness (QED) is 0.893. The van der Waals surface area contributed by atoms with Crippen LogP contribution in [0.15, 0.2) is 30.5 Å². The first kappa shape index (κ1) is 14.8. The van der Waals surface area contributed by atoms with Gasteiger partial charge < -0.3 is 11.1 Å². The van der Waals surface area contributed by atoms with Gasteiger partial charge in [0.05, 0.1) is 22.3 Å². The Kier molecular flexibility index (Phi) is 3.97. The lowest BCUT2D eigenvalue weighted by atomic mass is 9.87. The summed E-state index contributed by atoms with van der Waals surface area (Å²) in [6.07, 6.45) is 1.67. The van der Waals surface area contributed by atoms with Gasteiger partial charge in [-0.2, -0.15) is 0 Å². The lowest BCUT2D eigenvalue weighted by Gasteiger charge is -2.26. The SMILES string of the molecule is CC(C)(C)[C@@H](N)C(=O)Nc1ccc(Cl)c2ncccc12. The van der Waals surface area contributed by atoms with Crippen LogP contribution in [0.2, 0.25) is 5.02 Å². The molecule has 1 atom stereocenters. The molecule has 4 nitrogen and oxygen atoms in total. The molecule has 0 aliphatic carbocycles. The smallest absolute Gasteiger partial charge is 0.241 e. The molecule has 0 aliphatic rings. The van der Waals surface area contributed by atoms with E-state index >= 15 is 0 Å². The van der Waals surface area contributed by atoms with E-state index in [0.29, 0.717) is 16.2 Å². The van der Waals surface area contributed by atoms with E-state index in [1.807, 2.05) is 26.8 Å². The van der Waals surface area contributed by atoms with Crippen molar-refractivity contribution in [2.24, 2.45) is 11.1 Å². The van der Waals surface area contributed by atoms with Gasteiger partial charge >= 0.3 is 0 Å². The van der Waals surface area contributed by atoms with Crippen molar-refractivity contribution in [3.63, 3.8) is 0 Å². The Morgan fingerprint density at radius 3 is 2.70 bits per heavy atom. The summed E-state index contributed by atoms with van der Waals surface area (Å²) in [5, 5.41) is 4.21. The molecule has 20 heavy (non-hydrogen) atoms. The van der Waals surface area contributed by atoms with Crippen LogP contribution in [0.25, 0.3) is 10.9 Å². The molecule has 0 aliphatic heterocycles. The van der Waals surface area contributed by atoms with Gasteiger partial charge in [0.25, 0.3) is 0 Å². The first-order valence-electron chi connectivity index (χ1n) is 6.40. The second kappa shape index (κ2) is 5.38. The summed E-state index contributed by atoms with van der Waals surface area (Å²) in [7, 11) is 0. The molecule has 0 radical (unpaired) electrons. The number of pyridine rings is 1. The summed E-state index contributed by atoms with van der Waals surface area (Å²) in [6.45, 7) is 5.79. The molecule has 0 fully saturated rings. The summed E-state index contributed by atoms with van der Waals surface area (Å²) < 4.78 is 0. The largest absolute Gasteiger partial charge is 0.324 e. The number of benzene rings is 1. The Balaban J connectivity index is 2.36. The number of nitrogens with one attached hydrogen (secondary N) is 1. The van der Waals surface area contributed by atoms with Gasteiger partial charge in [-0.25, -0.2) is 0 Å². The van der Waals surface area contributed by atoms with E-state index in [1.54, 1.807) is 24.4 Å². The van der Waals surface area contributed by atoms with Crippen molar-refractivity contribution in [1.29, 1.82) is 0 Å². The zero-order chi connectivity index (χ0) is 14.9. The lowest BCUT2D eigenvalue weighted by Crippen LogP contribution is -2.45. The third-order valence-electron chi connectivity index (χ3n) is 3.19. The molecule has 1 amide bonds. The predicted octanol–water partition coefficient (Wildman–Crippen LogP) is 3.20. The Morgan fingerprint density at radius 1 is 1.35 bits per heavy atom. The molecule has 3 N–H and O–H groups in total. The summed E-state index contributed by atoms with van der Waals surface area (Å²) in [6, 6.07) is 6.56. The first-order chi connectivity index (χ1) is 9.30. The van der Waals surface area contributed by atoms with Gasteiger partial charge in [-0.05, 0) is 29.7 Å². The zero-order valence-electron chi connectivity index (χ0n) is 11.8. The van der Waals surface area contributed by atoms with Crippen molar-refractivity contribution in [2.45, 2.75) is 26.8 Å². The van der Waals surface area contributed by atoms with Crippen LogP contribution in [0.5, 0.6) is 0 Å². The second-order valence-electron chi connectivity index (χ2n) is 5.83. The fraction of sp³-hybridized carbons (Fsp3) is 0.333. The van der Waals surface area contributed by atoms with Crippen LogP contribution < -0.4 is 11.1 Å². The molecule has 1 heterocycles. The number of nitrogens with zero attached hydrogens (tertiary/aromatic N) is 1. The zero-order valence-corrected chi connectivity index (χ0v) is 12.5. The molecule has 2 aromatic rings. The molecule has 0 spiro atoms. The molecule has 0 saturated carbocycles. The monoisotopic (exact) mass is 291 g/mol. The van der Waals surface area contributed by atoms with E-state index in [-0.39, 0.29) is 11.3 Å². The number of fused-ring (bicyclic) bond motifs is 1. The van der Waals surface area contributed by atoms with Gasteiger partial charge in [0, 0.05) is 11.6 Å². The van der Waals surface area contributed by atoms with E-state index in [0.717, 1.165) is 5.39 Å². The highest BCUT2D eigenvalue weighted by Gasteiger charge is 2.27. The van der Waals surface area contributed by atoms with Crippen LogP contribution in [0.1, 0.15) is 20.8 Å². The van der Waals surface area contributed by atoms with Crippen LogP contribution in [-0.2, 0) is 4.79 Å². The minimum atomic E-state index is -0.593. The van der Waals surface area contributed by atoms with Crippen molar-refractivity contribution in [2.75, 3.05) is 5.32 Å². The number of nitrogens with two attached hydrogens (primary N) is 1. The molecule has 0 unspecified atom stereocenters. The number of anilines is 1. The summed E-state index contributed by atoms with van der Waals surface area (Å²) in [5.74, 6) is -0.218. The van der Waals surface area contributed by atoms with Crippen LogP contribution in [0.4, 0.5) is 5.69 Å². The van der Waals surface area contributed by atoms with Gasteiger partial charge in [0.2, 0.25) is 5.91 Å². The highest BCUT2D eigenvalue weighted by Crippen LogP contribution is 2.28. The van der Waals surface area contributed by atoms with Crippen LogP contribution in [0.3, 0.4) is 0 Å². The fourth-order valence-corrected chi connectivity index (χ4v) is 2.06. The van der Waals surface area contributed by atoms with Crippen molar-refractivity contribution < 1.29 is 4.79 Å². The highest BCUT2D eigenvalue weighted by molar-refractivity contribution is 6.35. The Hall–Kier alpha value is -1.65. The molecule has 0 bridgehead atoms. The van der Waals surface area contributed by atoms with Crippen LogP contribution >= 0.6 is 11.6 Å². The minimum absolute atomic E-state index is 0.218. The summed E-state index contributed by atoms with van der Waals surface area (Å²) in [5.41, 5.74) is 6.99. The van der Waals surface area contributed by atoms with Crippen LogP contribution in [-0.4, -0.2) is 16.9 Å². The van der Waals surface area contributed by atoms with E-state index < -0.39 is 6.04 Å². The van der Waals surface area contributed by atoms with Gasteiger partial charge in [-0.15, -0.1) is 0 Å². The Morgan fingerprint density at radius 2 is 2.05 bits per heavy atom. The molecule has 1 aromatic heterocycles. The van der Waals surface area contributed by atoms with E-state index in [2.05, 4.69) is 10.3 Å². The van der Waals surface area contributed by atoms with Crippen molar-refractivity contribution >= 4 is 34.1 Å². The maximum atomic E-state index is 12.2. The molecule has 2 rings (SSSR count). The number of carbonyl (C=O) groups is 1. The topological polar surface area (TPSA) is 68.0 Å². The number of hydrogen-bond acceptors (Lipinski definition) is 3. The fourth-order valence-electron chi connectivity index (χ4n) is 1.85. The number of hydrogen-bond donors (Lipinski definition) is 2. The van der Waals surface area contributed by atoms with Crippen LogP contribution in [0, 0.1) is 5.41 Å². The van der Waals surface area contributed by atoms with Crippen molar-refractivity contribution in [3.8, 4) is 0 Å². The third kappa shape index (κ3) is 2.92. The normalized spacial score (nSPS) is 13.2. The predicted molar refractivity (Wildman–Crippen MR) is 82.8 cm³/mol. The van der Waals surface area contributed by atoms with Gasteiger partial charge in [-0.1, -0.05) is 32.4 Å². The minimum Gasteiger partial charge on any atom is -0.324 e. The number of aromatic nitrogens is 1. The maximum absolute atomic E-state index is 12.2. The van der Waals surface area contributed by atoms with E-state index in [9.17, 15) is 4.79 Å². The number of carbonyl (C=O) groups excluding carboxylic acids is 1. The van der Waals surface area contributed by atoms with Gasteiger partial charge in [-0.3, -0.25) is 9.78 Å². The van der Waals surface area contributed by atoms with Crippen molar-refractivity contribution in [1.82, 2.24) is 4.98 Å². The van der Waals surface area contributed by atoms with Gasteiger partial charge in [0.1, 0.15) is 0 Å². The molecule has 5 heteroatoms. The maximum Gasteiger partial charge on any atom is 0.241 e. The summed E-state index contributed by atoms with van der Waals surface area (Å²) in [4.78, 5) is 16.4. The number of rotatable bonds is 2. The average molecular weight is 292 g/mol. The highest BCUT2D eigenvalue weighted by atomic mass is 35.5. The summed E-state index contributed by atoms with van der Waals surface area (Å²) >= 11 is 6.10. The third-order valence-corrected chi connectivity index (χ3v) is 3.50. The average Bonchev–Trinajstić information content (AvgIpc) is 2.40. The molecular formula is C15H18ClN3O. The molecule has 1 aromatic carbocycles. The Labute approximate surface area is 123 Å². The first-order valence-corrected chi connectivity index (χ1v) is 6.78. The second-order valence-corrected chi connectivity index (χ2v) is 6.23. The van der Waals surface area contributed by atoms with Gasteiger partial charge in [0.15, 0.2) is 0 Å². The molecule has 0 saturated heterocycles. The Bertz CT molecular complexity index is 649. The standard InChI is InChI=1S/C15H18ClN3O/c1-15(2,3)13(17)14(20)19-11-7-6-10(16)12-9(11)5-4-8-18-12/h4-8,13H,17H2,1-3H3,(H,19,20)/t13-/m0/s1. The lowest BCUT2D eigenvalue weighted by molar-refractivity contribution is -0.119. The van der Waals surface area contributed by atoms with Crippen molar-refractivity contribution in [3.05, 3.63) is 35.5 Å². The van der Waals surface area contributed by atoms with E-state index in [1.165, 1.54) is 0 Å².